The van der Waals surface area contributed by atoms with Crippen LogP contribution in [0.25, 0.3) is 0 Å². The highest BCUT2D eigenvalue weighted by molar-refractivity contribution is 7.92. The van der Waals surface area contributed by atoms with Crippen LogP contribution in [0, 0.1) is 0 Å². The van der Waals surface area contributed by atoms with Gasteiger partial charge in [0.25, 0.3) is 10.0 Å². The zero-order valence-electron chi connectivity index (χ0n) is 18.9. The molecule has 3 rings (SSSR count). The van der Waals surface area contributed by atoms with Crippen molar-refractivity contribution >= 4 is 38.9 Å². The Morgan fingerprint density at radius 1 is 0.971 bits per heavy atom. The van der Waals surface area contributed by atoms with Gasteiger partial charge in [0.05, 0.1) is 31.4 Å². The van der Waals surface area contributed by atoms with Gasteiger partial charge in [-0.2, -0.15) is 0 Å². The van der Waals surface area contributed by atoms with Crippen LogP contribution in [0.3, 0.4) is 0 Å². The predicted octanol–water partition coefficient (Wildman–Crippen LogP) is 4.59. The van der Waals surface area contributed by atoms with Crippen LogP contribution in [0.15, 0.2) is 71.6 Å². The number of amides is 1. The quantitative estimate of drug-likeness (QED) is 0.434. The van der Waals surface area contributed by atoms with Gasteiger partial charge < -0.3 is 19.5 Å². The molecule has 0 spiro atoms. The number of carbonyl (C=O) groups excluding carboxylic acids is 1. The summed E-state index contributed by atoms with van der Waals surface area (Å²) in [5, 5.41) is 3.16. The summed E-state index contributed by atoms with van der Waals surface area (Å²) in [5.74, 6) is 0.684. The molecule has 0 aliphatic carbocycles. The van der Waals surface area contributed by atoms with E-state index < -0.39 is 22.5 Å². The molecule has 1 N–H and O–H groups in total. The van der Waals surface area contributed by atoms with Gasteiger partial charge in [0.15, 0.2) is 11.5 Å². The number of nitrogens with zero attached hydrogens (tertiary/aromatic N) is 1. The van der Waals surface area contributed by atoms with Crippen molar-refractivity contribution in [2.24, 2.45) is 0 Å². The van der Waals surface area contributed by atoms with Crippen molar-refractivity contribution in [2.45, 2.75) is 11.8 Å². The molecule has 0 aliphatic rings. The number of hydrogen-bond acceptors (Lipinski definition) is 6. The highest BCUT2D eigenvalue weighted by Crippen LogP contribution is 2.32. The maximum absolute atomic E-state index is 13.6. The number of ether oxygens (including phenoxy) is 3. The third-order valence-corrected chi connectivity index (χ3v) is 6.80. The van der Waals surface area contributed by atoms with Gasteiger partial charge >= 0.3 is 0 Å². The van der Waals surface area contributed by atoms with Crippen molar-refractivity contribution in [2.75, 3.05) is 37.0 Å². The normalized spacial score (nSPS) is 10.9. The van der Waals surface area contributed by atoms with Gasteiger partial charge in [0, 0.05) is 22.8 Å². The third-order valence-electron chi connectivity index (χ3n) is 4.77. The van der Waals surface area contributed by atoms with Gasteiger partial charge in [-0.15, -0.1) is 0 Å². The van der Waals surface area contributed by atoms with Crippen LogP contribution in [-0.4, -0.2) is 41.7 Å². The van der Waals surface area contributed by atoms with Crippen molar-refractivity contribution in [3.8, 4) is 17.2 Å². The van der Waals surface area contributed by atoms with Crippen molar-refractivity contribution in [1.29, 1.82) is 0 Å². The molecule has 1 amide bonds. The average Bonchev–Trinajstić information content (AvgIpc) is 2.83. The maximum Gasteiger partial charge on any atom is 0.264 e. The number of carbonyl (C=O) groups is 1. The molecule has 3 aromatic carbocycles. The van der Waals surface area contributed by atoms with E-state index in [9.17, 15) is 13.2 Å². The molecule has 0 heterocycles. The molecule has 0 saturated carbocycles. The number of nitrogens with one attached hydrogen (secondary N) is 1. The molecule has 0 aliphatic heterocycles. The molecule has 180 valence electrons. The zero-order chi connectivity index (χ0) is 24.7. The van der Waals surface area contributed by atoms with E-state index in [0.717, 1.165) is 4.31 Å². The van der Waals surface area contributed by atoms with E-state index in [1.54, 1.807) is 36.4 Å². The lowest BCUT2D eigenvalue weighted by Gasteiger charge is -2.24. The van der Waals surface area contributed by atoms with Crippen LogP contribution in [0.4, 0.5) is 11.4 Å². The van der Waals surface area contributed by atoms with Gasteiger partial charge in [0.2, 0.25) is 5.91 Å². The number of rotatable bonds is 10. The maximum atomic E-state index is 13.6. The molecular formula is C24H25ClN2O6S. The number of benzene rings is 3. The lowest BCUT2D eigenvalue weighted by atomic mass is 10.3. The summed E-state index contributed by atoms with van der Waals surface area (Å²) in [5.41, 5.74) is 0.757. The Morgan fingerprint density at radius 2 is 1.68 bits per heavy atom. The minimum atomic E-state index is -4.16. The van der Waals surface area contributed by atoms with E-state index in [1.165, 1.54) is 44.6 Å². The van der Waals surface area contributed by atoms with Gasteiger partial charge in [-0.05, 0) is 55.5 Å². The molecule has 8 nitrogen and oxygen atoms in total. The lowest BCUT2D eigenvalue weighted by Crippen LogP contribution is -2.38. The molecule has 0 fully saturated rings. The van der Waals surface area contributed by atoms with Crippen molar-refractivity contribution in [3.63, 3.8) is 0 Å². The number of sulfonamides is 1. The molecule has 0 aromatic heterocycles. The summed E-state index contributed by atoms with van der Waals surface area (Å²) in [7, 11) is -1.29. The third kappa shape index (κ3) is 5.92. The molecular weight excluding hydrogens is 480 g/mol. The van der Waals surface area contributed by atoms with Crippen LogP contribution >= 0.6 is 11.6 Å². The van der Waals surface area contributed by atoms with Crippen molar-refractivity contribution < 1.29 is 27.4 Å². The fraction of sp³-hybridized carbons (Fsp3) is 0.208. The van der Waals surface area contributed by atoms with E-state index in [0.29, 0.717) is 28.8 Å². The molecule has 10 heteroatoms. The topological polar surface area (TPSA) is 94.2 Å². The Morgan fingerprint density at radius 3 is 2.32 bits per heavy atom. The second-order valence-electron chi connectivity index (χ2n) is 7.01. The largest absolute Gasteiger partial charge is 0.494 e. The summed E-state index contributed by atoms with van der Waals surface area (Å²) in [6.07, 6.45) is 0. The van der Waals surface area contributed by atoms with Gasteiger partial charge in [-0.1, -0.05) is 17.7 Å². The van der Waals surface area contributed by atoms with Crippen LogP contribution in [0.1, 0.15) is 6.92 Å². The SMILES string of the molecule is CCOc1cccc(NC(=O)CN(c2ccc(Cl)cc2)S(=O)(=O)c2ccc(OC)c(OC)c2)c1. The standard InChI is InChI=1S/C24H25ClN2O6S/c1-4-33-20-7-5-6-18(14-20)26-24(28)16-27(19-10-8-17(25)9-11-19)34(29,30)21-12-13-22(31-2)23(15-21)32-3/h5-15H,4,16H2,1-3H3,(H,26,28). The van der Waals surface area contributed by atoms with Crippen LogP contribution in [0.5, 0.6) is 17.2 Å². The summed E-state index contributed by atoms with van der Waals surface area (Å²) in [6.45, 7) is 1.86. The predicted molar refractivity (Wildman–Crippen MR) is 132 cm³/mol. The molecule has 0 unspecified atom stereocenters. The Hall–Kier alpha value is -3.43. The van der Waals surface area contributed by atoms with Crippen LogP contribution in [-0.2, 0) is 14.8 Å². The number of halogens is 1. The van der Waals surface area contributed by atoms with E-state index in [2.05, 4.69) is 5.32 Å². The van der Waals surface area contributed by atoms with E-state index in [4.69, 9.17) is 25.8 Å². The zero-order valence-corrected chi connectivity index (χ0v) is 20.5. The second-order valence-corrected chi connectivity index (χ2v) is 9.31. The van der Waals surface area contributed by atoms with Gasteiger partial charge in [0.1, 0.15) is 12.3 Å². The fourth-order valence-electron chi connectivity index (χ4n) is 3.19. The molecule has 0 saturated heterocycles. The van der Waals surface area contributed by atoms with E-state index >= 15 is 0 Å². The smallest absolute Gasteiger partial charge is 0.264 e. The van der Waals surface area contributed by atoms with Crippen molar-refractivity contribution in [1.82, 2.24) is 0 Å². The highest BCUT2D eigenvalue weighted by atomic mass is 35.5. The average molecular weight is 505 g/mol. The Bertz CT molecular complexity index is 1250. The minimum Gasteiger partial charge on any atom is -0.494 e. The van der Waals surface area contributed by atoms with Gasteiger partial charge in [-0.25, -0.2) is 8.42 Å². The summed E-state index contributed by atoms with van der Waals surface area (Å²) < 4.78 is 44.1. The summed E-state index contributed by atoms with van der Waals surface area (Å²) in [6, 6.07) is 17.3. The monoisotopic (exact) mass is 504 g/mol. The molecule has 34 heavy (non-hydrogen) atoms. The fourth-order valence-corrected chi connectivity index (χ4v) is 4.75. The Balaban J connectivity index is 1.95. The number of hydrogen-bond donors (Lipinski definition) is 1. The first-order valence-electron chi connectivity index (χ1n) is 10.3. The first-order valence-corrected chi connectivity index (χ1v) is 12.1. The van der Waals surface area contributed by atoms with Gasteiger partial charge in [-0.3, -0.25) is 9.10 Å². The lowest BCUT2D eigenvalue weighted by molar-refractivity contribution is -0.114. The molecule has 0 bridgehead atoms. The highest BCUT2D eigenvalue weighted by Gasteiger charge is 2.28. The number of anilines is 2. The minimum absolute atomic E-state index is 0.0637. The number of methoxy groups -OCH3 is 2. The van der Waals surface area contributed by atoms with Crippen LogP contribution in [0.2, 0.25) is 5.02 Å². The van der Waals surface area contributed by atoms with Crippen LogP contribution < -0.4 is 23.8 Å². The summed E-state index contributed by atoms with van der Waals surface area (Å²) >= 11 is 5.98. The Labute approximate surface area is 204 Å². The van der Waals surface area contributed by atoms with E-state index in [-0.39, 0.29) is 16.3 Å². The molecule has 3 aromatic rings. The molecule has 0 atom stereocenters. The van der Waals surface area contributed by atoms with Crippen molar-refractivity contribution in [3.05, 3.63) is 71.8 Å². The first kappa shape index (κ1) is 25.2. The second kappa shape index (κ2) is 11.1. The van der Waals surface area contributed by atoms with E-state index in [1.807, 2.05) is 6.92 Å². The summed E-state index contributed by atoms with van der Waals surface area (Å²) in [4.78, 5) is 12.8. The first-order chi connectivity index (χ1) is 16.3. The Kier molecular flexibility index (Phi) is 8.25. The molecule has 0 radical (unpaired) electrons.